The van der Waals surface area contributed by atoms with Crippen LogP contribution < -0.4 is 5.73 Å². The van der Waals surface area contributed by atoms with E-state index >= 15 is 0 Å². The number of thiazole rings is 1. The highest BCUT2D eigenvalue weighted by Gasteiger charge is 2.14. The molecule has 0 atom stereocenters. The van der Waals surface area contributed by atoms with Crippen molar-refractivity contribution in [2.24, 2.45) is 5.73 Å². The van der Waals surface area contributed by atoms with Crippen molar-refractivity contribution in [1.82, 2.24) is 9.88 Å². The second-order valence-corrected chi connectivity index (χ2v) is 5.83. The third-order valence-corrected chi connectivity index (χ3v) is 4.57. The smallest absolute Gasteiger partial charge is 0.116 e. The molecule has 1 aromatic heterocycles. The molecular formula is C12H19N3OS2. The minimum absolute atomic E-state index is 0.474. The van der Waals surface area contributed by atoms with Gasteiger partial charge >= 0.3 is 0 Å². The molecular weight excluding hydrogens is 266 g/mol. The molecule has 1 fully saturated rings. The van der Waals surface area contributed by atoms with E-state index in [9.17, 15) is 0 Å². The fraction of sp³-hybridized carbons (Fsp3) is 0.667. The minimum Gasteiger partial charge on any atom is -0.389 e. The Morgan fingerprint density at radius 1 is 1.50 bits per heavy atom. The van der Waals surface area contributed by atoms with E-state index in [-0.39, 0.29) is 0 Å². The number of nitrogens with two attached hydrogens (primary N) is 1. The zero-order valence-electron chi connectivity index (χ0n) is 10.6. The van der Waals surface area contributed by atoms with E-state index < -0.39 is 0 Å². The van der Waals surface area contributed by atoms with E-state index in [1.165, 1.54) is 0 Å². The highest BCUT2D eigenvalue weighted by molar-refractivity contribution is 7.81. The molecule has 4 nitrogen and oxygen atoms in total. The van der Waals surface area contributed by atoms with Gasteiger partial charge in [0, 0.05) is 26.1 Å². The summed E-state index contributed by atoms with van der Waals surface area (Å²) in [6.45, 7) is 6.86. The number of morpholine rings is 1. The Balaban J connectivity index is 1.94. The third kappa shape index (κ3) is 3.47. The number of ether oxygens (including phenoxy) is 1. The molecule has 2 heterocycles. The highest BCUT2D eigenvalue weighted by Crippen LogP contribution is 2.20. The molecule has 0 spiro atoms. The molecule has 100 valence electrons. The van der Waals surface area contributed by atoms with Crippen LogP contribution in [0, 0.1) is 0 Å². The van der Waals surface area contributed by atoms with Crippen LogP contribution in [0.5, 0.6) is 0 Å². The summed E-state index contributed by atoms with van der Waals surface area (Å²) in [6.07, 6.45) is 1.86. The lowest BCUT2D eigenvalue weighted by molar-refractivity contribution is 0.0384. The van der Waals surface area contributed by atoms with Gasteiger partial charge in [0.25, 0.3) is 0 Å². The molecule has 0 amide bonds. The molecule has 0 unspecified atom stereocenters. The summed E-state index contributed by atoms with van der Waals surface area (Å²) in [5.74, 6) is 0. The SMILES string of the molecule is CCc1nc(CCN2CCOCC2)sc1C(N)=S. The Morgan fingerprint density at radius 3 is 2.78 bits per heavy atom. The van der Waals surface area contributed by atoms with E-state index in [4.69, 9.17) is 22.7 Å². The van der Waals surface area contributed by atoms with Crippen LogP contribution in [0.25, 0.3) is 0 Å². The van der Waals surface area contributed by atoms with Gasteiger partial charge in [-0.05, 0) is 6.42 Å². The molecule has 1 aromatic rings. The molecule has 0 saturated carbocycles. The van der Waals surface area contributed by atoms with Gasteiger partial charge in [0.1, 0.15) is 4.99 Å². The fourth-order valence-electron chi connectivity index (χ4n) is 2.02. The summed E-state index contributed by atoms with van der Waals surface area (Å²) in [7, 11) is 0. The summed E-state index contributed by atoms with van der Waals surface area (Å²) in [6, 6.07) is 0. The van der Waals surface area contributed by atoms with Crippen LogP contribution in [0.3, 0.4) is 0 Å². The summed E-state index contributed by atoms with van der Waals surface area (Å²) in [5, 5.41) is 1.14. The molecule has 1 saturated heterocycles. The predicted octanol–water partition coefficient (Wildman–Crippen LogP) is 1.21. The molecule has 0 aromatic carbocycles. The van der Waals surface area contributed by atoms with Gasteiger partial charge < -0.3 is 10.5 Å². The largest absolute Gasteiger partial charge is 0.389 e. The first-order valence-electron chi connectivity index (χ1n) is 6.29. The van der Waals surface area contributed by atoms with Gasteiger partial charge in [-0.1, -0.05) is 19.1 Å². The number of aryl methyl sites for hydroxylation is 1. The van der Waals surface area contributed by atoms with Gasteiger partial charge in [0.2, 0.25) is 0 Å². The first kappa shape index (κ1) is 13.9. The molecule has 1 aliphatic rings. The standard InChI is InChI=1S/C12H19N3OS2/c1-2-9-11(12(13)17)18-10(14-9)3-4-15-5-7-16-8-6-15/h2-8H2,1H3,(H2,13,17). The molecule has 6 heteroatoms. The number of nitrogens with zero attached hydrogens (tertiary/aromatic N) is 2. The Kier molecular flexibility index (Phi) is 5.05. The van der Waals surface area contributed by atoms with Crippen LogP contribution in [0.15, 0.2) is 0 Å². The van der Waals surface area contributed by atoms with Crippen molar-refractivity contribution in [2.45, 2.75) is 19.8 Å². The van der Waals surface area contributed by atoms with Gasteiger partial charge in [0.15, 0.2) is 0 Å². The van der Waals surface area contributed by atoms with Crippen LogP contribution in [0.2, 0.25) is 0 Å². The maximum Gasteiger partial charge on any atom is 0.116 e. The number of rotatable bonds is 5. The molecule has 2 N–H and O–H groups in total. The molecule has 0 radical (unpaired) electrons. The Bertz CT molecular complexity index is 413. The highest BCUT2D eigenvalue weighted by atomic mass is 32.1. The molecule has 0 bridgehead atoms. The normalized spacial score (nSPS) is 16.9. The van der Waals surface area contributed by atoms with Gasteiger partial charge in [-0.3, -0.25) is 4.90 Å². The first-order valence-corrected chi connectivity index (χ1v) is 7.51. The van der Waals surface area contributed by atoms with Crippen LogP contribution in [-0.4, -0.2) is 47.7 Å². The second-order valence-electron chi connectivity index (χ2n) is 4.31. The van der Waals surface area contributed by atoms with E-state index in [1.807, 2.05) is 0 Å². The lowest BCUT2D eigenvalue weighted by atomic mass is 10.3. The van der Waals surface area contributed by atoms with Crippen LogP contribution in [0.4, 0.5) is 0 Å². The quantitative estimate of drug-likeness (QED) is 0.824. The van der Waals surface area contributed by atoms with E-state index in [2.05, 4.69) is 16.8 Å². The first-order chi connectivity index (χ1) is 8.70. The zero-order chi connectivity index (χ0) is 13.0. The average molecular weight is 285 g/mol. The van der Waals surface area contributed by atoms with E-state index in [0.717, 1.165) is 61.3 Å². The van der Waals surface area contributed by atoms with Gasteiger partial charge in [-0.25, -0.2) is 4.98 Å². The number of aromatic nitrogens is 1. The predicted molar refractivity (Wildman–Crippen MR) is 78.3 cm³/mol. The number of hydrogen-bond acceptors (Lipinski definition) is 5. The molecule has 1 aliphatic heterocycles. The van der Waals surface area contributed by atoms with Gasteiger partial charge in [0.05, 0.1) is 28.8 Å². The van der Waals surface area contributed by atoms with Crippen LogP contribution >= 0.6 is 23.6 Å². The van der Waals surface area contributed by atoms with Crippen molar-refractivity contribution in [3.63, 3.8) is 0 Å². The minimum atomic E-state index is 0.474. The van der Waals surface area contributed by atoms with Gasteiger partial charge in [-0.2, -0.15) is 0 Å². The lowest BCUT2D eigenvalue weighted by Crippen LogP contribution is -2.37. The Labute approximate surface area is 117 Å². The maximum absolute atomic E-state index is 5.72. The van der Waals surface area contributed by atoms with Crippen molar-refractivity contribution in [3.8, 4) is 0 Å². The molecule has 0 aliphatic carbocycles. The summed E-state index contributed by atoms with van der Waals surface area (Å²) in [5.41, 5.74) is 6.76. The van der Waals surface area contributed by atoms with Crippen molar-refractivity contribution < 1.29 is 4.74 Å². The van der Waals surface area contributed by atoms with Crippen molar-refractivity contribution >= 4 is 28.5 Å². The summed E-state index contributed by atoms with van der Waals surface area (Å²) >= 11 is 6.71. The van der Waals surface area contributed by atoms with Crippen molar-refractivity contribution in [2.75, 3.05) is 32.8 Å². The van der Waals surface area contributed by atoms with Crippen LogP contribution in [0.1, 0.15) is 22.5 Å². The number of thiocarbonyl (C=S) groups is 1. The summed E-state index contributed by atoms with van der Waals surface area (Å²) in [4.78, 5) is 8.51. The second kappa shape index (κ2) is 6.56. The van der Waals surface area contributed by atoms with E-state index in [1.54, 1.807) is 11.3 Å². The zero-order valence-corrected chi connectivity index (χ0v) is 12.3. The monoisotopic (exact) mass is 285 g/mol. The topological polar surface area (TPSA) is 51.4 Å². The maximum atomic E-state index is 5.72. The molecule has 18 heavy (non-hydrogen) atoms. The Hall–Kier alpha value is -0.560. The number of hydrogen-bond donors (Lipinski definition) is 1. The van der Waals surface area contributed by atoms with Crippen LogP contribution in [-0.2, 0) is 17.6 Å². The fourth-order valence-corrected chi connectivity index (χ4v) is 3.25. The summed E-state index contributed by atoms with van der Waals surface area (Å²) < 4.78 is 5.34. The average Bonchev–Trinajstić information content (AvgIpc) is 2.81. The Morgan fingerprint density at radius 2 is 2.22 bits per heavy atom. The van der Waals surface area contributed by atoms with E-state index in [0.29, 0.717) is 4.99 Å². The molecule has 2 rings (SSSR count). The van der Waals surface area contributed by atoms with Gasteiger partial charge in [-0.15, -0.1) is 11.3 Å². The lowest BCUT2D eigenvalue weighted by Gasteiger charge is -2.25. The van der Waals surface area contributed by atoms with Crippen molar-refractivity contribution in [3.05, 3.63) is 15.6 Å². The third-order valence-electron chi connectivity index (χ3n) is 3.05. The van der Waals surface area contributed by atoms with Crippen molar-refractivity contribution in [1.29, 1.82) is 0 Å².